The van der Waals surface area contributed by atoms with Crippen molar-refractivity contribution in [2.75, 3.05) is 23.9 Å². The number of aliphatic hydroxyl groups is 2. The van der Waals surface area contributed by atoms with Gasteiger partial charge in [-0.3, -0.25) is 4.57 Å². The number of imidazole rings is 1. The molecule has 4 aromatic rings. The lowest BCUT2D eigenvalue weighted by atomic mass is 10.0. The van der Waals surface area contributed by atoms with E-state index in [4.69, 9.17) is 4.74 Å². The molecule has 7 nitrogen and oxygen atoms in total. The summed E-state index contributed by atoms with van der Waals surface area (Å²) in [7, 11) is 1.63. The average Bonchev–Trinajstić information content (AvgIpc) is 3.38. The summed E-state index contributed by atoms with van der Waals surface area (Å²) in [4.78, 5) is 6.45. The van der Waals surface area contributed by atoms with Gasteiger partial charge in [-0.1, -0.05) is 42.5 Å². The third-order valence-corrected chi connectivity index (χ3v) is 5.80. The summed E-state index contributed by atoms with van der Waals surface area (Å²) in [5.74, 6) is -0.193. The van der Waals surface area contributed by atoms with Crippen LogP contribution in [0.1, 0.15) is 5.56 Å². The number of rotatable bonds is 6. The Morgan fingerprint density at radius 1 is 1.06 bits per heavy atom. The van der Waals surface area contributed by atoms with Crippen LogP contribution in [-0.4, -0.2) is 39.7 Å². The van der Waals surface area contributed by atoms with Crippen LogP contribution in [0.4, 0.5) is 11.4 Å². The summed E-state index contributed by atoms with van der Waals surface area (Å²) < 4.78 is 7.38. The zero-order valence-corrected chi connectivity index (χ0v) is 17.1. The Hall–Kier alpha value is -3.55. The zero-order valence-electron chi connectivity index (χ0n) is 17.1. The fourth-order valence-electron chi connectivity index (χ4n) is 4.44. The number of para-hydroxylation sites is 2. The third-order valence-electron chi connectivity index (χ3n) is 5.80. The fourth-order valence-corrected chi connectivity index (χ4v) is 4.44. The quantitative estimate of drug-likeness (QED) is 0.448. The van der Waals surface area contributed by atoms with E-state index in [0.717, 1.165) is 33.7 Å². The number of nitrogens with one attached hydrogen (secondary N) is 1. The number of methoxy groups -OCH3 is 1. The van der Waals surface area contributed by atoms with Crippen LogP contribution in [0.3, 0.4) is 0 Å². The highest BCUT2D eigenvalue weighted by atomic mass is 16.5. The number of hydrogen-bond acceptors (Lipinski definition) is 6. The van der Waals surface area contributed by atoms with Crippen molar-refractivity contribution >= 4 is 22.4 Å². The lowest BCUT2D eigenvalue weighted by Gasteiger charge is -2.43. The Balaban J connectivity index is 1.75. The van der Waals surface area contributed by atoms with Crippen molar-refractivity contribution in [2.45, 2.75) is 18.4 Å². The van der Waals surface area contributed by atoms with E-state index >= 15 is 0 Å². The predicted molar refractivity (Wildman–Crippen MR) is 120 cm³/mol. The van der Waals surface area contributed by atoms with Crippen LogP contribution in [0.2, 0.25) is 0 Å². The van der Waals surface area contributed by atoms with Crippen molar-refractivity contribution in [1.82, 2.24) is 9.55 Å². The third kappa shape index (κ3) is 3.10. The van der Waals surface area contributed by atoms with E-state index < -0.39 is 18.6 Å². The van der Waals surface area contributed by atoms with Crippen molar-refractivity contribution in [3.8, 4) is 5.75 Å². The van der Waals surface area contributed by atoms with Crippen molar-refractivity contribution in [3.63, 3.8) is 0 Å². The molecule has 5 rings (SSSR count). The van der Waals surface area contributed by atoms with Crippen LogP contribution >= 0.6 is 0 Å². The first-order valence-corrected chi connectivity index (χ1v) is 10.2. The van der Waals surface area contributed by atoms with Gasteiger partial charge in [0.1, 0.15) is 5.75 Å². The molecule has 0 bridgehead atoms. The van der Waals surface area contributed by atoms with Crippen molar-refractivity contribution in [1.29, 1.82) is 0 Å². The normalized spacial score (nSPS) is 18.6. The Kier molecular flexibility index (Phi) is 4.77. The summed E-state index contributed by atoms with van der Waals surface area (Å²) >= 11 is 0. The molecular weight excluding hydrogens is 392 g/mol. The molecule has 2 heterocycles. The molecule has 7 heteroatoms. The number of aliphatic hydroxyl groups excluding tert-OH is 2. The molecule has 1 aliphatic rings. The van der Waals surface area contributed by atoms with Gasteiger partial charge in [-0.05, 0) is 29.8 Å². The Bertz CT molecular complexity index is 1210. The van der Waals surface area contributed by atoms with E-state index in [-0.39, 0.29) is 0 Å². The standard InChI is InChI=1S/C24H24N4O3/c1-31-18-11-12-21-20(13-18)25-16-27(21)24(14-17-7-3-2-4-8-17)26-19-9-5-6-10-22(19)28(24)23(30)15-29/h2-13,16,23,26,29-30H,14-15H2,1H3. The highest BCUT2D eigenvalue weighted by Gasteiger charge is 2.48. The van der Waals surface area contributed by atoms with Crippen molar-refractivity contribution in [2.24, 2.45) is 0 Å². The first-order chi connectivity index (χ1) is 15.2. The zero-order chi connectivity index (χ0) is 21.4. The lowest BCUT2D eigenvalue weighted by Crippen LogP contribution is -2.59. The van der Waals surface area contributed by atoms with Gasteiger partial charge in [0, 0.05) is 12.5 Å². The topological polar surface area (TPSA) is 82.8 Å². The minimum atomic E-state index is -1.12. The lowest BCUT2D eigenvalue weighted by molar-refractivity contribution is 0.0640. The van der Waals surface area contributed by atoms with E-state index in [2.05, 4.69) is 22.4 Å². The molecule has 0 aliphatic carbocycles. The molecule has 1 aliphatic heterocycles. The molecule has 3 aromatic carbocycles. The van der Waals surface area contributed by atoms with Gasteiger partial charge in [-0.2, -0.15) is 0 Å². The Morgan fingerprint density at radius 2 is 1.84 bits per heavy atom. The van der Waals surface area contributed by atoms with E-state index in [0.29, 0.717) is 6.42 Å². The van der Waals surface area contributed by atoms with E-state index in [1.54, 1.807) is 13.4 Å². The number of hydrogen-bond donors (Lipinski definition) is 3. The molecule has 2 atom stereocenters. The summed E-state index contributed by atoms with van der Waals surface area (Å²) in [5, 5.41) is 24.5. The molecule has 31 heavy (non-hydrogen) atoms. The Morgan fingerprint density at radius 3 is 2.61 bits per heavy atom. The summed E-state index contributed by atoms with van der Waals surface area (Å²) in [6, 6.07) is 23.6. The number of ether oxygens (including phenoxy) is 1. The molecule has 3 N–H and O–H groups in total. The van der Waals surface area contributed by atoms with E-state index in [1.807, 2.05) is 70.1 Å². The first-order valence-electron chi connectivity index (χ1n) is 10.2. The van der Waals surface area contributed by atoms with E-state index in [1.165, 1.54) is 0 Å². The van der Waals surface area contributed by atoms with Gasteiger partial charge in [0.25, 0.3) is 0 Å². The minimum Gasteiger partial charge on any atom is -0.497 e. The average molecular weight is 416 g/mol. The second-order valence-electron chi connectivity index (χ2n) is 7.62. The number of nitrogens with zero attached hydrogens (tertiary/aromatic N) is 3. The van der Waals surface area contributed by atoms with Crippen molar-refractivity contribution < 1.29 is 14.9 Å². The SMILES string of the molecule is COc1ccc2c(c1)ncn2C1(Cc2ccccc2)Nc2ccccc2N1C(O)CO. The molecule has 1 aromatic heterocycles. The highest BCUT2D eigenvalue weighted by molar-refractivity contribution is 5.81. The smallest absolute Gasteiger partial charge is 0.201 e. The Labute approximate surface area is 180 Å². The predicted octanol–water partition coefficient (Wildman–Crippen LogP) is 3.14. The number of benzene rings is 3. The second kappa shape index (κ2) is 7.61. The van der Waals surface area contributed by atoms with Crippen LogP contribution in [0.15, 0.2) is 79.1 Å². The molecule has 0 radical (unpaired) electrons. The van der Waals surface area contributed by atoms with Gasteiger partial charge < -0.3 is 25.2 Å². The fraction of sp³-hybridized carbons (Fsp3) is 0.208. The van der Waals surface area contributed by atoms with Gasteiger partial charge in [0.05, 0.1) is 42.5 Å². The molecular formula is C24H24N4O3. The maximum absolute atomic E-state index is 11.0. The van der Waals surface area contributed by atoms with Crippen LogP contribution in [0, 0.1) is 0 Å². The summed E-state index contributed by atoms with van der Waals surface area (Å²) in [6.45, 7) is -0.410. The number of fused-ring (bicyclic) bond motifs is 2. The minimum absolute atomic E-state index is 0.410. The molecule has 0 saturated heterocycles. The largest absolute Gasteiger partial charge is 0.497 e. The van der Waals surface area contributed by atoms with Crippen LogP contribution in [0.25, 0.3) is 11.0 Å². The maximum atomic E-state index is 11.0. The molecule has 2 unspecified atom stereocenters. The monoisotopic (exact) mass is 416 g/mol. The van der Waals surface area contributed by atoms with Crippen LogP contribution in [0.5, 0.6) is 5.75 Å². The highest BCUT2D eigenvalue weighted by Crippen LogP contribution is 2.46. The van der Waals surface area contributed by atoms with E-state index in [9.17, 15) is 10.2 Å². The maximum Gasteiger partial charge on any atom is 0.201 e. The number of aromatic nitrogens is 2. The molecule has 0 spiro atoms. The van der Waals surface area contributed by atoms with Gasteiger partial charge in [-0.15, -0.1) is 0 Å². The summed E-state index contributed by atoms with van der Waals surface area (Å²) in [6.07, 6.45) is 1.18. The van der Waals surface area contributed by atoms with Crippen LogP contribution in [-0.2, 0) is 12.2 Å². The van der Waals surface area contributed by atoms with Gasteiger partial charge in [0.15, 0.2) is 6.23 Å². The number of anilines is 2. The van der Waals surface area contributed by atoms with Gasteiger partial charge >= 0.3 is 0 Å². The molecule has 158 valence electrons. The molecule has 0 amide bonds. The summed E-state index contributed by atoms with van der Waals surface area (Å²) in [5.41, 5.74) is 4.43. The van der Waals surface area contributed by atoms with Gasteiger partial charge in [0.2, 0.25) is 5.79 Å². The first kappa shape index (κ1) is 19.4. The molecule has 0 saturated carbocycles. The van der Waals surface area contributed by atoms with Crippen LogP contribution < -0.4 is 15.0 Å². The molecule has 0 fully saturated rings. The van der Waals surface area contributed by atoms with Gasteiger partial charge in [-0.25, -0.2) is 4.98 Å². The van der Waals surface area contributed by atoms with Crippen molar-refractivity contribution in [3.05, 3.63) is 84.7 Å². The second-order valence-corrected chi connectivity index (χ2v) is 7.62.